The molecule has 0 fully saturated rings. The van der Waals surface area contributed by atoms with E-state index in [9.17, 15) is 12.9 Å². The van der Waals surface area contributed by atoms with Gasteiger partial charge in [0.1, 0.15) is 0 Å². The van der Waals surface area contributed by atoms with Crippen LogP contribution in [0.2, 0.25) is 0 Å². The van der Waals surface area contributed by atoms with Gasteiger partial charge in [0, 0.05) is 0 Å². The fraction of sp³-hybridized carbons (Fsp3) is 0. The van der Waals surface area contributed by atoms with Gasteiger partial charge in [-0.15, -0.1) is 0 Å². The summed E-state index contributed by atoms with van der Waals surface area (Å²) in [6.45, 7) is 0. The van der Waals surface area contributed by atoms with Crippen molar-refractivity contribution >= 4 is 7.11 Å². The summed E-state index contributed by atoms with van der Waals surface area (Å²) in [5.74, 6) is 0. The van der Waals surface area contributed by atoms with Gasteiger partial charge in [0.2, 0.25) is 0 Å². The van der Waals surface area contributed by atoms with Crippen LogP contribution in [-0.4, -0.2) is 7.11 Å². The van der Waals surface area contributed by atoms with Crippen LogP contribution < -0.4 is 4.48 Å². The Bertz CT molecular complexity index is 181. The third kappa shape index (κ3) is 1.25. The van der Waals surface area contributed by atoms with Crippen LogP contribution in [0, 0.1) is 0 Å². The predicted molar refractivity (Wildman–Crippen MR) is 23.4 cm³/mol. The molecule has 1 aromatic rings. The maximum Gasteiger partial charge on any atom is 0.813 e. The highest BCUT2D eigenvalue weighted by Crippen LogP contribution is 2.01. The van der Waals surface area contributed by atoms with E-state index in [0.717, 1.165) is 12.5 Å². The number of nitrogens with zero attached hydrogens (tertiary/aromatic N) is 1. The molecule has 0 aliphatic rings. The first-order valence-electron chi connectivity index (χ1n) is 2.23. The third-order valence-electron chi connectivity index (χ3n) is 0.832. The molecule has 0 aliphatic heterocycles. The van der Waals surface area contributed by atoms with Crippen molar-refractivity contribution < 1.29 is 21.8 Å². The molecule has 50 valence electrons. The third-order valence-corrected chi connectivity index (χ3v) is 0.832. The van der Waals surface area contributed by atoms with Crippen molar-refractivity contribution in [3.05, 3.63) is 18.9 Å². The predicted octanol–water partition coefficient (Wildman–Crippen LogP) is 0.759. The van der Waals surface area contributed by atoms with E-state index >= 15 is 0 Å². The molecule has 1 heterocycles. The van der Waals surface area contributed by atoms with Crippen molar-refractivity contribution in [3.63, 3.8) is 0 Å². The zero-order valence-electron chi connectivity index (χ0n) is 4.30. The Morgan fingerprint density at radius 2 is 2.00 bits per heavy atom. The maximum atomic E-state index is 11.6. The summed E-state index contributed by atoms with van der Waals surface area (Å²) < 4.78 is 39.0. The number of aromatic nitrogens is 1. The number of halogens is 3. The van der Waals surface area contributed by atoms with Gasteiger partial charge < -0.3 is 17.4 Å². The van der Waals surface area contributed by atoms with E-state index in [1.807, 2.05) is 0 Å². The van der Waals surface area contributed by atoms with E-state index in [0.29, 0.717) is 6.39 Å². The van der Waals surface area contributed by atoms with Gasteiger partial charge in [-0.25, -0.2) is 0 Å². The highest BCUT2D eigenvalue weighted by atomic mass is 19.4. The van der Waals surface area contributed by atoms with Crippen LogP contribution in [0.15, 0.2) is 23.3 Å². The van der Waals surface area contributed by atoms with Crippen molar-refractivity contribution in [1.29, 1.82) is 0 Å². The molecule has 0 atom stereocenters. The molecule has 0 saturated carbocycles. The van der Waals surface area contributed by atoms with Crippen LogP contribution >= 0.6 is 0 Å². The summed E-state index contributed by atoms with van der Waals surface area (Å²) >= 11 is 0. The second-order valence-electron chi connectivity index (χ2n) is 1.51. The summed E-state index contributed by atoms with van der Waals surface area (Å²) in [5, 5.41) is 0. The minimum absolute atomic E-state index is 0.0833. The molecule has 0 radical (unpaired) electrons. The lowest BCUT2D eigenvalue weighted by molar-refractivity contribution is -0.579. The van der Waals surface area contributed by atoms with Gasteiger partial charge in [0.25, 0.3) is 6.39 Å². The average molecular weight is 137 g/mol. The van der Waals surface area contributed by atoms with Crippen LogP contribution in [0.4, 0.5) is 12.9 Å². The molecular weight excluding hydrogens is 134 g/mol. The van der Waals surface area contributed by atoms with Gasteiger partial charge in [-0.2, -0.15) is 0 Å². The molecule has 1 rings (SSSR count). The first-order valence-corrected chi connectivity index (χ1v) is 2.23. The zero-order chi connectivity index (χ0) is 6.91. The molecule has 0 aromatic carbocycles. The van der Waals surface area contributed by atoms with E-state index in [4.69, 9.17) is 0 Å². The molecule has 0 bridgehead atoms. The minimum Gasteiger partial charge on any atom is -0.416 e. The smallest absolute Gasteiger partial charge is 0.416 e. The van der Waals surface area contributed by atoms with E-state index in [-0.39, 0.29) is 4.48 Å². The first kappa shape index (κ1) is 6.19. The van der Waals surface area contributed by atoms with Crippen molar-refractivity contribution in [3.8, 4) is 0 Å². The van der Waals surface area contributed by atoms with Gasteiger partial charge in [0.15, 0.2) is 12.5 Å². The monoisotopic (exact) mass is 137 g/mol. The van der Waals surface area contributed by atoms with Gasteiger partial charge in [-0.3, -0.25) is 4.48 Å². The highest BCUT2D eigenvalue weighted by Gasteiger charge is 2.41. The second kappa shape index (κ2) is 1.79. The highest BCUT2D eigenvalue weighted by molar-refractivity contribution is 6.48. The molecular formula is C3H3BF3NO. The van der Waals surface area contributed by atoms with Crippen LogP contribution in [0.3, 0.4) is 0 Å². The summed E-state index contributed by atoms with van der Waals surface area (Å²) in [4.78, 5) is 0. The molecule has 0 N–H and O–H groups in total. The number of hydrogen-bond acceptors (Lipinski definition) is 1. The van der Waals surface area contributed by atoms with Crippen molar-refractivity contribution in [2.45, 2.75) is 0 Å². The van der Waals surface area contributed by atoms with Crippen molar-refractivity contribution in [2.75, 3.05) is 0 Å². The van der Waals surface area contributed by atoms with Crippen LogP contribution in [0.5, 0.6) is 0 Å². The lowest BCUT2D eigenvalue weighted by Gasteiger charge is -2.00. The molecule has 1 aromatic heterocycles. The Balaban J connectivity index is 2.90. The van der Waals surface area contributed by atoms with Crippen LogP contribution in [-0.2, 0) is 0 Å². The first-order chi connectivity index (χ1) is 4.11. The summed E-state index contributed by atoms with van der Waals surface area (Å²) in [7, 11) is -4.94. The number of hydrogen-bond donors (Lipinski definition) is 0. The zero-order valence-corrected chi connectivity index (χ0v) is 4.30. The Morgan fingerprint density at radius 1 is 1.33 bits per heavy atom. The van der Waals surface area contributed by atoms with Crippen molar-refractivity contribution in [2.24, 2.45) is 0 Å². The van der Waals surface area contributed by atoms with Crippen LogP contribution in [0.25, 0.3) is 0 Å². The van der Waals surface area contributed by atoms with E-state index in [1.54, 1.807) is 0 Å². The Kier molecular flexibility index (Phi) is 1.23. The van der Waals surface area contributed by atoms with Crippen molar-refractivity contribution in [1.82, 2.24) is 0 Å². The quantitative estimate of drug-likeness (QED) is 0.522. The minimum atomic E-state index is -4.94. The number of oxazole rings is 1. The summed E-state index contributed by atoms with van der Waals surface area (Å²) in [6, 6.07) is 0. The Hall–Kier alpha value is -0.935. The topological polar surface area (TPSA) is 17.0 Å². The molecule has 0 amide bonds. The largest absolute Gasteiger partial charge is 0.813 e. The molecule has 0 aliphatic carbocycles. The van der Waals surface area contributed by atoms with Gasteiger partial charge in [-0.05, 0) is 0 Å². The fourth-order valence-corrected chi connectivity index (χ4v) is 0.413. The fourth-order valence-electron chi connectivity index (χ4n) is 0.413. The lowest BCUT2D eigenvalue weighted by Crippen LogP contribution is -2.53. The lowest BCUT2D eigenvalue weighted by atomic mass is 10.1. The van der Waals surface area contributed by atoms with E-state index < -0.39 is 7.11 Å². The van der Waals surface area contributed by atoms with Crippen LogP contribution in [0.1, 0.15) is 0 Å². The standard InChI is InChI=1S/C3H3BF3NO/c5-4(6,7)8-1-2-9-3-8/h1-3H. The Morgan fingerprint density at radius 3 is 2.22 bits per heavy atom. The summed E-state index contributed by atoms with van der Waals surface area (Å²) in [5.41, 5.74) is 0. The Labute approximate surface area is 49.0 Å². The molecule has 9 heavy (non-hydrogen) atoms. The van der Waals surface area contributed by atoms with Gasteiger partial charge in [0.05, 0.1) is 0 Å². The second-order valence-corrected chi connectivity index (χ2v) is 1.51. The van der Waals surface area contributed by atoms with E-state index in [2.05, 4.69) is 4.42 Å². The van der Waals surface area contributed by atoms with Gasteiger partial charge in [-0.1, -0.05) is 0 Å². The maximum absolute atomic E-state index is 11.6. The molecule has 0 unspecified atom stereocenters. The van der Waals surface area contributed by atoms with Gasteiger partial charge >= 0.3 is 7.11 Å². The SMILES string of the molecule is F[B-](F)(F)[n+]1ccoc1. The summed E-state index contributed by atoms with van der Waals surface area (Å²) in [6.07, 6.45) is 2.40. The average Bonchev–Trinajstić information content (AvgIpc) is 2.08. The molecule has 0 saturated heterocycles. The molecule has 6 heteroatoms. The number of rotatable bonds is 1. The molecule has 2 nitrogen and oxygen atoms in total. The normalized spacial score (nSPS) is 11.9. The molecule has 0 spiro atoms. The van der Waals surface area contributed by atoms with E-state index in [1.165, 1.54) is 0 Å².